The third-order valence-electron chi connectivity index (χ3n) is 2.89. The first-order valence-corrected chi connectivity index (χ1v) is 7.40. The van der Waals surface area contributed by atoms with Crippen molar-refractivity contribution in [3.63, 3.8) is 0 Å². The summed E-state index contributed by atoms with van der Waals surface area (Å²) in [5.41, 5.74) is 3.52. The van der Waals surface area contributed by atoms with Crippen LogP contribution in [0.3, 0.4) is 0 Å². The molecule has 0 spiro atoms. The SMILES string of the molecule is Cc1ccc(NC(=O)c2cccc(Br)c2C)c(Br)c1. The summed E-state index contributed by atoms with van der Waals surface area (Å²) >= 11 is 6.89. The maximum absolute atomic E-state index is 12.3. The molecule has 0 aliphatic carbocycles. The molecule has 4 heteroatoms. The van der Waals surface area contributed by atoms with Gasteiger partial charge in [-0.2, -0.15) is 0 Å². The molecule has 0 radical (unpaired) electrons. The summed E-state index contributed by atoms with van der Waals surface area (Å²) in [6.07, 6.45) is 0. The number of hydrogen-bond donors (Lipinski definition) is 1. The lowest BCUT2D eigenvalue weighted by molar-refractivity contribution is 0.102. The maximum atomic E-state index is 12.3. The van der Waals surface area contributed by atoms with Crippen LogP contribution in [0.5, 0.6) is 0 Å². The summed E-state index contributed by atoms with van der Waals surface area (Å²) < 4.78 is 1.82. The number of carbonyl (C=O) groups is 1. The molecule has 0 unspecified atom stereocenters. The second-order valence-electron chi connectivity index (χ2n) is 4.35. The molecule has 19 heavy (non-hydrogen) atoms. The van der Waals surface area contributed by atoms with Crippen LogP contribution in [0.2, 0.25) is 0 Å². The molecule has 2 aromatic rings. The fraction of sp³-hybridized carbons (Fsp3) is 0.133. The number of halogens is 2. The van der Waals surface area contributed by atoms with Crippen molar-refractivity contribution in [3.8, 4) is 0 Å². The molecule has 0 fully saturated rings. The Bertz CT molecular complexity index is 638. The normalized spacial score (nSPS) is 10.3. The van der Waals surface area contributed by atoms with Gasteiger partial charge in [0.05, 0.1) is 5.69 Å². The second-order valence-corrected chi connectivity index (χ2v) is 6.06. The predicted octanol–water partition coefficient (Wildman–Crippen LogP) is 5.08. The van der Waals surface area contributed by atoms with E-state index in [-0.39, 0.29) is 5.91 Å². The van der Waals surface area contributed by atoms with Crippen LogP contribution in [0.1, 0.15) is 21.5 Å². The number of amides is 1. The standard InChI is InChI=1S/C15H13Br2NO/c1-9-6-7-14(13(17)8-9)18-15(19)11-4-3-5-12(16)10(11)2/h3-8H,1-2H3,(H,18,19). The number of rotatable bonds is 2. The van der Waals surface area contributed by atoms with Crippen LogP contribution < -0.4 is 5.32 Å². The minimum absolute atomic E-state index is 0.108. The average Bonchev–Trinajstić information content (AvgIpc) is 2.36. The summed E-state index contributed by atoms with van der Waals surface area (Å²) in [7, 11) is 0. The number of carbonyl (C=O) groups excluding carboxylic acids is 1. The Kier molecular flexibility index (Phi) is 4.42. The van der Waals surface area contributed by atoms with Crippen molar-refractivity contribution in [2.45, 2.75) is 13.8 Å². The summed E-state index contributed by atoms with van der Waals surface area (Å²) in [6.45, 7) is 3.93. The molecule has 2 aromatic carbocycles. The zero-order valence-corrected chi connectivity index (χ0v) is 13.8. The molecule has 0 saturated heterocycles. The fourth-order valence-corrected chi connectivity index (χ4v) is 2.72. The van der Waals surface area contributed by atoms with E-state index in [0.29, 0.717) is 5.56 Å². The van der Waals surface area contributed by atoms with Gasteiger partial charge in [0.15, 0.2) is 0 Å². The maximum Gasteiger partial charge on any atom is 0.255 e. The zero-order valence-electron chi connectivity index (χ0n) is 10.6. The number of benzene rings is 2. The van der Waals surface area contributed by atoms with E-state index < -0.39 is 0 Å². The minimum atomic E-state index is -0.108. The van der Waals surface area contributed by atoms with E-state index in [1.54, 1.807) is 0 Å². The average molecular weight is 383 g/mol. The van der Waals surface area contributed by atoms with Crippen molar-refractivity contribution < 1.29 is 4.79 Å². The van der Waals surface area contributed by atoms with E-state index in [0.717, 1.165) is 25.8 Å². The van der Waals surface area contributed by atoms with Crippen LogP contribution >= 0.6 is 31.9 Å². The van der Waals surface area contributed by atoms with Gasteiger partial charge in [0.1, 0.15) is 0 Å². The van der Waals surface area contributed by atoms with Crippen molar-refractivity contribution in [2.75, 3.05) is 5.32 Å². The van der Waals surface area contributed by atoms with E-state index >= 15 is 0 Å². The molecule has 98 valence electrons. The Morgan fingerprint density at radius 3 is 2.47 bits per heavy atom. The first kappa shape index (κ1) is 14.3. The highest BCUT2D eigenvalue weighted by molar-refractivity contribution is 9.10. The molecule has 0 heterocycles. The molecule has 0 aliphatic rings. The Labute approximate surface area is 129 Å². The number of hydrogen-bond acceptors (Lipinski definition) is 1. The van der Waals surface area contributed by atoms with Gasteiger partial charge in [0, 0.05) is 14.5 Å². The third kappa shape index (κ3) is 3.25. The van der Waals surface area contributed by atoms with E-state index in [1.807, 2.05) is 50.2 Å². The van der Waals surface area contributed by atoms with Crippen LogP contribution in [0, 0.1) is 13.8 Å². The largest absolute Gasteiger partial charge is 0.321 e. The quantitative estimate of drug-likeness (QED) is 0.770. The molecule has 0 bridgehead atoms. The van der Waals surface area contributed by atoms with Gasteiger partial charge < -0.3 is 5.32 Å². The first-order chi connectivity index (χ1) is 8.99. The third-order valence-corrected chi connectivity index (χ3v) is 4.40. The molecular weight excluding hydrogens is 370 g/mol. The van der Waals surface area contributed by atoms with Crippen molar-refractivity contribution in [1.29, 1.82) is 0 Å². The van der Waals surface area contributed by atoms with Crippen LogP contribution in [0.15, 0.2) is 45.3 Å². The van der Waals surface area contributed by atoms with Crippen LogP contribution in [0.4, 0.5) is 5.69 Å². The van der Waals surface area contributed by atoms with Gasteiger partial charge in [-0.15, -0.1) is 0 Å². The monoisotopic (exact) mass is 381 g/mol. The van der Waals surface area contributed by atoms with E-state index in [2.05, 4.69) is 37.2 Å². The topological polar surface area (TPSA) is 29.1 Å². The summed E-state index contributed by atoms with van der Waals surface area (Å²) in [6, 6.07) is 11.4. The van der Waals surface area contributed by atoms with Gasteiger partial charge in [-0.05, 0) is 65.2 Å². The molecule has 1 amide bonds. The highest BCUT2D eigenvalue weighted by Gasteiger charge is 2.12. The van der Waals surface area contributed by atoms with Crippen LogP contribution in [0.25, 0.3) is 0 Å². The zero-order chi connectivity index (χ0) is 14.0. The summed E-state index contributed by atoms with van der Waals surface area (Å²) in [5, 5.41) is 2.92. The molecule has 2 nitrogen and oxygen atoms in total. The number of anilines is 1. The number of nitrogens with one attached hydrogen (secondary N) is 1. The van der Waals surface area contributed by atoms with Crippen LogP contribution in [-0.2, 0) is 0 Å². The van der Waals surface area contributed by atoms with Crippen molar-refractivity contribution in [1.82, 2.24) is 0 Å². The van der Waals surface area contributed by atoms with Gasteiger partial charge >= 0.3 is 0 Å². The van der Waals surface area contributed by atoms with E-state index in [1.165, 1.54) is 0 Å². The van der Waals surface area contributed by atoms with Crippen LogP contribution in [-0.4, -0.2) is 5.91 Å². The second kappa shape index (κ2) is 5.88. The Morgan fingerprint density at radius 1 is 1.05 bits per heavy atom. The first-order valence-electron chi connectivity index (χ1n) is 5.81. The molecule has 1 N–H and O–H groups in total. The molecule has 0 saturated carbocycles. The highest BCUT2D eigenvalue weighted by atomic mass is 79.9. The lowest BCUT2D eigenvalue weighted by Gasteiger charge is -2.10. The van der Waals surface area contributed by atoms with Crippen molar-refractivity contribution in [2.24, 2.45) is 0 Å². The molecule has 2 rings (SSSR count). The predicted molar refractivity (Wildman–Crippen MR) is 85.7 cm³/mol. The lowest BCUT2D eigenvalue weighted by Crippen LogP contribution is -2.13. The number of aryl methyl sites for hydroxylation is 1. The molecule has 0 atom stereocenters. The molecule has 0 aliphatic heterocycles. The highest BCUT2D eigenvalue weighted by Crippen LogP contribution is 2.25. The molecule has 0 aromatic heterocycles. The van der Waals surface area contributed by atoms with Crippen molar-refractivity contribution >= 4 is 43.5 Å². The molecular formula is C15H13Br2NO. The van der Waals surface area contributed by atoms with Gasteiger partial charge in [0.25, 0.3) is 5.91 Å². The Balaban J connectivity index is 2.28. The minimum Gasteiger partial charge on any atom is -0.321 e. The van der Waals surface area contributed by atoms with Gasteiger partial charge in [0.2, 0.25) is 0 Å². The Hall–Kier alpha value is -1.13. The van der Waals surface area contributed by atoms with E-state index in [9.17, 15) is 4.79 Å². The lowest BCUT2D eigenvalue weighted by atomic mass is 10.1. The van der Waals surface area contributed by atoms with Gasteiger partial charge in [-0.1, -0.05) is 28.1 Å². The van der Waals surface area contributed by atoms with Gasteiger partial charge in [-0.25, -0.2) is 0 Å². The van der Waals surface area contributed by atoms with Gasteiger partial charge in [-0.3, -0.25) is 4.79 Å². The summed E-state index contributed by atoms with van der Waals surface area (Å²) in [4.78, 5) is 12.3. The van der Waals surface area contributed by atoms with Crippen molar-refractivity contribution in [3.05, 3.63) is 62.0 Å². The van der Waals surface area contributed by atoms with E-state index in [4.69, 9.17) is 0 Å². The summed E-state index contributed by atoms with van der Waals surface area (Å²) in [5.74, 6) is -0.108. The Morgan fingerprint density at radius 2 is 1.79 bits per heavy atom. The smallest absolute Gasteiger partial charge is 0.255 e. The fourth-order valence-electron chi connectivity index (χ4n) is 1.76.